The van der Waals surface area contributed by atoms with Gasteiger partial charge in [0.05, 0.1) is 11.1 Å². The van der Waals surface area contributed by atoms with Crippen LogP contribution in [0.4, 0.5) is 10.5 Å². The molecule has 1 saturated carbocycles. The van der Waals surface area contributed by atoms with Crippen LogP contribution in [-0.2, 0) is 9.53 Å². The van der Waals surface area contributed by atoms with Gasteiger partial charge in [0.25, 0.3) is 11.8 Å². The molecule has 0 atom stereocenters. The highest BCUT2D eigenvalue weighted by Gasteiger charge is 2.26. The predicted octanol–water partition coefficient (Wildman–Crippen LogP) is 4.21. The van der Waals surface area contributed by atoms with Crippen molar-refractivity contribution in [2.45, 2.75) is 52.0 Å². The van der Waals surface area contributed by atoms with E-state index in [1.54, 1.807) is 42.3 Å². The predicted molar refractivity (Wildman–Crippen MR) is 129 cm³/mol. The van der Waals surface area contributed by atoms with Crippen LogP contribution in [0.1, 0.15) is 63.9 Å². The topological polar surface area (TPSA) is 105 Å². The van der Waals surface area contributed by atoms with E-state index < -0.39 is 24.5 Å². The fourth-order valence-electron chi connectivity index (χ4n) is 4.02. The molecule has 8 nitrogen and oxygen atoms in total. The molecule has 0 saturated heterocycles. The number of nitrogens with one attached hydrogen (secondary N) is 2. The molecule has 0 aliphatic heterocycles. The van der Waals surface area contributed by atoms with Gasteiger partial charge >= 0.3 is 12.0 Å². The number of benzene rings is 2. The first-order valence-electron chi connectivity index (χ1n) is 11.5. The van der Waals surface area contributed by atoms with Crippen LogP contribution in [0.3, 0.4) is 0 Å². The van der Waals surface area contributed by atoms with Crippen molar-refractivity contribution in [2.75, 3.05) is 19.0 Å². The number of esters is 1. The maximum Gasteiger partial charge on any atom is 0.339 e. The van der Waals surface area contributed by atoms with Crippen LogP contribution in [0.2, 0.25) is 0 Å². The second-order valence-corrected chi connectivity index (χ2v) is 8.63. The smallest absolute Gasteiger partial charge is 0.339 e. The highest BCUT2D eigenvalue weighted by atomic mass is 16.5. The standard InChI is InChI=1S/C26H31N3O5/c1-17-13-14-19(15-18(17)2)27-26(33)28-23(30)16-34-25(32)22-12-8-7-11-21(22)24(31)29(3)20-9-5-4-6-10-20/h7-8,11-15,20H,4-6,9-10,16H2,1-3H3,(H2,27,28,30,33). The van der Waals surface area contributed by atoms with Gasteiger partial charge in [-0.15, -0.1) is 0 Å². The Morgan fingerprint density at radius 2 is 1.62 bits per heavy atom. The average Bonchev–Trinajstić information content (AvgIpc) is 2.84. The van der Waals surface area contributed by atoms with E-state index in [9.17, 15) is 19.2 Å². The molecule has 8 heteroatoms. The largest absolute Gasteiger partial charge is 0.452 e. The Bertz CT molecular complexity index is 1080. The second-order valence-electron chi connectivity index (χ2n) is 8.63. The number of hydrogen-bond acceptors (Lipinski definition) is 5. The van der Waals surface area contributed by atoms with Gasteiger partial charge in [0.2, 0.25) is 0 Å². The number of imide groups is 1. The molecule has 1 aliphatic rings. The van der Waals surface area contributed by atoms with E-state index in [0.29, 0.717) is 5.69 Å². The number of carbonyl (C=O) groups is 4. The summed E-state index contributed by atoms with van der Waals surface area (Å²) in [5.74, 6) is -1.83. The molecule has 3 rings (SSSR count). The van der Waals surface area contributed by atoms with Crippen LogP contribution < -0.4 is 10.6 Å². The van der Waals surface area contributed by atoms with Gasteiger partial charge in [0, 0.05) is 18.8 Å². The lowest BCUT2D eigenvalue weighted by Gasteiger charge is -2.31. The van der Waals surface area contributed by atoms with Gasteiger partial charge < -0.3 is 15.0 Å². The summed E-state index contributed by atoms with van der Waals surface area (Å²) in [5.41, 5.74) is 2.94. The van der Waals surface area contributed by atoms with Gasteiger partial charge in [-0.3, -0.25) is 14.9 Å². The number of aryl methyl sites for hydroxylation is 2. The molecule has 180 valence electrons. The Hall–Kier alpha value is -3.68. The van der Waals surface area contributed by atoms with Crippen LogP contribution in [0.25, 0.3) is 0 Å². The lowest BCUT2D eigenvalue weighted by molar-refractivity contribution is -0.123. The van der Waals surface area contributed by atoms with E-state index in [0.717, 1.165) is 36.8 Å². The van der Waals surface area contributed by atoms with Crippen LogP contribution in [0.5, 0.6) is 0 Å². The van der Waals surface area contributed by atoms with Crippen molar-refractivity contribution in [3.63, 3.8) is 0 Å². The van der Waals surface area contributed by atoms with E-state index in [-0.39, 0.29) is 23.1 Å². The molecule has 0 bridgehead atoms. The minimum atomic E-state index is -0.800. The number of ether oxygens (including phenoxy) is 1. The molecule has 2 N–H and O–H groups in total. The van der Waals surface area contributed by atoms with E-state index in [1.165, 1.54) is 12.5 Å². The molecule has 2 aromatic rings. The Morgan fingerprint density at radius 1 is 0.941 bits per heavy atom. The minimum Gasteiger partial charge on any atom is -0.452 e. The molecule has 1 fully saturated rings. The van der Waals surface area contributed by atoms with Gasteiger partial charge in [-0.2, -0.15) is 0 Å². The van der Waals surface area contributed by atoms with Crippen molar-refractivity contribution in [1.82, 2.24) is 10.2 Å². The van der Waals surface area contributed by atoms with Crippen molar-refractivity contribution in [2.24, 2.45) is 0 Å². The van der Waals surface area contributed by atoms with E-state index in [2.05, 4.69) is 10.6 Å². The molecule has 1 aliphatic carbocycles. The van der Waals surface area contributed by atoms with Gasteiger partial charge in [-0.1, -0.05) is 37.5 Å². The number of carbonyl (C=O) groups excluding carboxylic acids is 4. The Balaban J connectivity index is 1.56. The van der Waals surface area contributed by atoms with Crippen molar-refractivity contribution < 1.29 is 23.9 Å². The second kappa shape index (κ2) is 11.4. The van der Waals surface area contributed by atoms with Crippen molar-refractivity contribution >= 4 is 29.5 Å². The zero-order valence-corrected chi connectivity index (χ0v) is 19.8. The normalized spacial score (nSPS) is 13.6. The molecule has 0 radical (unpaired) electrons. The van der Waals surface area contributed by atoms with Gasteiger partial charge in [-0.25, -0.2) is 9.59 Å². The van der Waals surface area contributed by atoms with E-state index in [4.69, 9.17) is 4.74 Å². The third-order valence-corrected chi connectivity index (χ3v) is 6.17. The molecule has 0 unspecified atom stereocenters. The van der Waals surface area contributed by atoms with Crippen molar-refractivity contribution in [3.05, 3.63) is 64.7 Å². The Labute approximate surface area is 199 Å². The SMILES string of the molecule is Cc1ccc(NC(=O)NC(=O)COC(=O)c2ccccc2C(=O)N(C)C2CCCCC2)cc1C. The van der Waals surface area contributed by atoms with Crippen molar-refractivity contribution in [1.29, 1.82) is 0 Å². The lowest BCUT2D eigenvalue weighted by atomic mass is 9.94. The summed E-state index contributed by atoms with van der Waals surface area (Å²) in [5, 5.41) is 4.69. The molecule has 0 heterocycles. The number of urea groups is 1. The van der Waals surface area contributed by atoms with E-state index >= 15 is 0 Å². The third kappa shape index (κ3) is 6.43. The highest BCUT2D eigenvalue weighted by molar-refractivity contribution is 6.06. The molecule has 2 aromatic carbocycles. The van der Waals surface area contributed by atoms with Crippen LogP contribution in [0, 0.1) is 13.8 Å². The molecule has 4 amide bonds. The van der Waals surface area contributed by atoms with Gasteiger partial charge in [0.1, 0.15) is 0 Å². The van der Waals surface area contributed by atoms with Crippen LogP contribution in [-0.4, -0.2) is 48.4 Å². The minimum absolute atomic E-state index is 0.0857. The van der Waals surface area contributed by atoms with Gasteiger partial charge in [0.15, 0.2) is 6.61 Å². The number of nitrogens with zero attached hydrogens (tertiary/aromatic N) is 1. The fourth-order valence-corrected chi connectivity index (χ4v) is 4.02. The highest BCUT2D eigenvalue weighted by Crippen LogP contribution is 2.24. The lowest BCUT2D eigenvalue weighted by Crippen LogP contribution is -2.39. The van der Waals surface area contributed by atoms with Crippen LogP contribution >= 0.6 is 0 Å². The van der Waals surface area contributed by atoms with E-state index in [1.807, 2.05) is 19.9 Å². The first kappa shape index (κ1) is 25.0. The molecule has 0 aromatic heterocycles. The monoisotopic (exact) mass is 465 g/mol. The summed E-state index contributed by atoms with van der Waals surface area (Å²) in [7, 11) is 1.75. The average molecular weight is 466 g/mol. The fraction of sp³-hybridized carbons (Fsp3) is 0.385. The quantitative estimate of drug-likeness (QED) is 0.622. The van der Waals surface area contributed by atoms with Crippen LogP contribution in [0.15, 0.2) is 42.5 Å². The number of amides is 4. The summed E-state index contributed by atoms with van der Waals surface area (Å²) in [6.07, 6.45) is 5.22. The van der Waals surface area contributed by atoms with Crippen molar-refractivity contribution in [3.8, 4) is 0 Å². The first-order valence-corrected chi connectivity index (χ1v) is 11.5. The Morgan fingerprint density at radius 3 is 2.29 bits per heavy atom. The first-order chi connectivity index (χ1) is 16.3. The number of hydrogen-bond donors (Lipinski definition) is 2. The molecular weight excluding hydrogens is 434 g/mol. The molecule has 34 heavy (non-hydrogen) atoms. The summed E-state index contributed by atoms with van der Waals surface area (Å²) >= 11 is 0. The zero-order valence-electron chi connectivity index (χ0n) is 19.8. The maximum atomic E-state index is 13.1. The van der Waals surface area contributed by atoms with Gasteiger partial charge in [-0.05, 0) is 62.1 Å². The third-order valence-electron chi connectivity index (χ3n) is 6.17. The zero-order chi connectivity index (χ0) is 24.7. The molecule has 0 spiro atoms. The Kier molecular flexibility index (Phi) is 8.40. The summed E-state index contributed by atoms with van der Waals surface area (Å²) < 4.78 is 5.09. The number of anilines is 1. The summed E-state index contributed by atoms with van der Waals surface area (Å²) in [4.78, 5) is 51.6. The number of rotatable bonds is 6. The maximum absolute atomic E-state index is 13.1. The summed E-state index contributed by atoms with van der Waals surface area (Å²) in [6.45, 7) is 3.22. The molecular formula is C26H31N3O5. The summed E-state index contributed by atoms with van der Waals surface area (Å²) in [6, 6.07) is 11.2.